The Labute approximate surface area is 100 Å². The van der Waals surface area contributed by atoms with Gasteiger partial charge < -0.3 is 0 Å². The summed E-state index contributed by atoms with van der Waals surface area (Å²) >= 11 is 3.33. The molecular formula is C13H17BrO. The first-order valence-electron chi connectivity index (χ1n) is 5.46. The SMILES string of the molecule is CCCc1ccc(C(=O)CCCBr)cc1. The van der Waals surface area contributed by atoms with E-state index in [2.05, 4.69) is 35.0 Å². The third-order valence-electron chi connectivity index (χ3n) is 2.35. The van der Waals surface area contributed by atoms with Crippen LogP contribution in [-0.2, 0) is 6.42 Å². The number of ketones is 1. The lowest BCUT2D eigenvalue weighted by molar-refractivity contribution is 0.0982. The third-order valence-corrected chi connectivity index (χ3v) is 2.91. The second-order valence-corrected chi connectivity index (χ2v) is 4.46. The first-order valence-corrected chi connectivity index (χ1v) is 6.58. The highest BCUT2D eigenvalue weighted by atomic mass is 79.9. The number of benzene rings is 1. The average molecular weight is 269 g/mol. The van der Waals surface area contributed by atoms with Crippen LogP contribution in [0.5, 0.6) is 0 Å². The van der Waals surface area contributed by atoms with Gasteiger partial charge in [-0.3, -0.25) is 4.79 Å². The zero-order valence-electron chi connectivity index (χ0n) is 9.13. The first-order chi connectivity index (χ1) is 7.27. The van der Waals surface area contributed by atoms with E-state index in [1.807, 2.05) is 12.1 Å². The second kappa shape index (κ2) is 6.78. The van der Waals surface area contributed by atoms with Gasteiger partial charge in [0.05, 0.1) is 0 Å². The Balaban J connectivity index is 2.58. The van der Waals surface area contributed by atoms with Gasteiger partial charge in [0.25, 0.3) is 0 Å². The number of aryl methyl sites for hydroxylation is 1. The molecule has 0 aliphatic rings. The quantitative estimate of drug-likeness (QED) is 0.563. The highest BCUT2D eigenvalue weighted by Crippen LogP contribution is 2.10. The van der Waals surface area contributed by atoms with Crippen molar-refractivity contribution in [3.05, 3.63) is 35.4 Å². The summed E-state index contributed by atoms with van der Waals surface area (Å²) in [6.07, 6.45) is 3.79. The predicted octanol–water partition coefficient (Wildman–Crippen LogP) is 4.00. The van der Waals surface area contributed by atoms with E-state index in [-0.39, 0.29) is 5.78 Å². The van der Waals surface area contributed by atoms with Crippen LogP contribution in [0.25, 0.3) is 0 Å². The first kappa shape index (κ1) is 12.4. The Kier molecular flexibility index (Phi) is 5.62. The molecule has 0 radical (unpaired) electrons. The number of alkyl halides is 1. The number of carbonyl (C=O) groups is 1. The number of halogens is 1. The molecule has 1 nitrogen and oxygen atoms in total. The molecular weight excluding hydrogens is 252 g/mol. The van der Waals surface area contributed by atoms with E-state index in [1.54, 1.807) is 0 Å². The Morgan fingerprint density at radius 1 is 1.27 bits per heavy atom. The number of carbonyl (C=O) groups excluding carboxylic acids is 1. The fraction of sp³-hybridized carbons (Fsp3) is 0.462. The molecule has 0 fully saturated rings. The van der Waals surface area contributed by atoms with Crippen LogP contribution < -0.4 is 0 Å². The lowest BCUT2D eigenvalue weighted by Gasteiger charge is -2.02. The fourth-order valence-electron chi connectivity index (χ4n) is 1.52. The van der Waals surface area contributed by atoms with Crippen molar-refractivity contribution in [2.45, 2.75) is 32.6 Å². The van der Waals surface area contributed by atoms with Crippen molar-refractivity contribution in [2.24, 2.45) is 0 Å². The lowest BCUT2D eigenvalue weighted by atomic mass is 10.0. The largest absolute Gasteiger partial charge is 0.294 e. The van der Waals surface area contributed by atoms with Gasteiger partial charge in [0, 0.05) is 17.3 Å². The molecule has 0 spiro atoms. The topological polar surface area (TPSA) is 17.1 Å². The molecule has 1 aromatic rings. The van der Waals surface area contributed by atoms with E-state index in [9.17, 15) is 4.79 Å². The molecule has 0 N–H and O–H groups in total. The smallest absolute Gasteiger partial charge is 0.162 e. The molecule has 0 amide bonds. The number of hydrogen-bond acceptors (Lipinski definition) is 1. The monoisotopic (exact) mass is 268 g/mol. The van der Waals surface area contributed by atoms with Gasteiger partial charge in [-0.05, 0) is 18.4 Å². The standard InChI is InChI=1S/C13H17BrO/c1-2-4-11-6-8-12(9-7-11)13(15)5-3-10-14/h6-9H,2-5,10H2,1H3. The summed E-state index contributed by atoms with van der Waals surface area (Å²) in [7, 11) is 0. The normalized spacial score (nSPS) is 10.3. The molecule has 0 heterocycles. The van der Waals surface area contributed by atoms with Crippen LogP contribution in [-0.4, -0.2) is 11.1 Å². The van der Waals surface area contributed by atoms with Gasteiger partial charge >= 0.3 is 0 Å². The molecule has 82 valence electrons. The zero-order chi connectivity index (χ0) is 11.1. The van der Waals surface area contributed by atoms with Gasteiger partial charge in [-0.15, -0.1) is 0 Å². The molecule has 0 unspecified atom stereocenters. The molecule has 0 bridgehead atoms. The zero-order valence-corrected chi connectivity index (χ0v) is 10.7. The maximum atomic E-state index is 11.7. The van der Waals surface area contributed by atoms with Gasteiger partial charge in [0.15, 0.2) is 5.78 Å². The molecule has 0 aliphatic heterocycles. The van der Waals surface area contributed by atoms with Crippen LogP contribution in [0, 0.1) is 0 Å². The summed E-state index contributed by atoms with van der Waals surface area (Å²) in [5.41, 5.74) is 2.16. The Morgan fingerprint density at radius 2 is 1.93 bits per heavy atom. The van der Waals surface area contributed by atoms with Crippen LogP contribution in [0.15, 0.2) is 24.3 Å². The molecule has 0 aliphatic carbocycles. The van der Waals surface area contributed by atoms with Gasteiger partial charge in [0.1, 0.15) is 0 Å². The van der Waals surface area contributed by atoms with Gasteiger partial charge in [-0.1, -0.05) is 53.5 Å². The van der Waals surface area contributed by atoms with Gasteiger partial charge in [-0.2, -0.15) is 0 Å². The highest BCUT2D eigenvalue weighted by molar-refractivity contribution is 9.09. The molecule has 15 heavy (non-hydrogen) atoms. The van der Waals surface area contributed by atoms with Crippen LogP contribution >= 0.6 is 15.9 Å². The summed E-state index contributed by atoms with van der Waals surface area (Å²) in [5, 5.41) is 0.895. The minimum absolute atomic E-state index is 0.248. The van der Waals surface area contributed by atoms with Crippen molar-refractivity contribution < 1.29 is 4.79 Å². The van der Waals surface area contributed by atoms with E-state index in [4.69, 9.17) is 0 Å². The van der Waals surface area contributed by atoms with Crippen molar-refractivity contribution in [3.8, 4) is 0 Å². The van der Waals surface area contributed by atoms with Crippen LogP contribution in [0.3, 0.4) is 0 Å². The number of rotatable bonds is 6. The van der Waals surface area contributed by atoms with Crippen LogP contribution in [0.2, 0.25) is 0 Å². The molecule has 0 aromatic heterocycles. The molecule has 0 saturated carbocycles. The Bertz CT molecular complexity index is 303. The minimum atomic E-state index is 0.248. The molecule has 1 rings (SSSR count). The maximum Gasteiger partial charge on any atom is 0.162 e. The van der Waals surface area contributed by atoms with Crippen LogP contribution in [0.4, 0.5) is 0 Å². The highest BCUT2D eigenvalue weighted by Gasteiger charge is 2.04. The van der Waals surface area contributed by atoms with Crippen LogP contribution in [0.1, 0.15) is 42.1 Å². The van der Waals surface area contributed by atoms with E-state index in [0.29, 0.717) is 6.42 Å². The van der Waals surface area contributed by atoms with Gasteiger partial charge in [0.2, 0.25) is 0 Å². The Morgan fingerprint density at radius 3 is 2.47 bits per heavy atom. The van der Waals surface area contributed by atoms with Crippen molar-refractivity contribution >= 4 is 21.7 Å². The minimum Gasteiger partial charge on any atom is -0.294 e. The molecule has 0 atom stereocenters. The van der Waals surface area contributed by atoms with E-state index in [0.717, 1.165) is 30.2 Å². The second-order valence-electron chi connectivity index (χ2n) is 3.66. The predicted molar refractivity (Wildman–Crippen MR) is 67.8 cm³/mol. The summed E-state index contributed by atoms with van der Waals surface area (Å²) in [4.78, 5) is 11.7. The van der Waals surface area contributed by atoms with Crippen molar-refractivity contribution in [1.29, 1.82) is 0 Å². The third kappa shape index (κ3) is 4.17. The Hall–Kier alpha value is -0.630. The van der Waals surface area contributed by atoms with E-state index >= 15 is 0 Å². The molecule has 1 aromatic carbocycles. The summed E-state index contributed by atoms with van der Waals surface area (Å²) in [5.74, 6) is 0.248. The fourth-order valence-corrected chi connectivity index (χ4v) is 1.80. The summed E-state index contributed by atoms with van der Waals surface area (Å²) < 4.78 is 0. The molecule has 0 saturated heterocycles. The van der Waals surface area contributed by atoms with Crippen molar-refractivity contribution in [3.63, 3.8) is 0 Å². The molecule has 2 heteroatoms. The summed E-state index contributed by atoms with van der Waals surface area (Å²) in [6.45, 7) is 2.16. The van der Waals surface area contributed by atoms with E-state index in [1.165, 1.54) is 5.56 Å². The number of Topliss-reactive ketones (excluding diaryl/α,β-unsaturated/α-hetero) is 1. The average Bonchev–Trinajstić information content (AvgIpc) is 2.27. The maximum absolute atomic E-state index is 11.7. The van der Waals surface area contributed by atoms with Crippen molar-refractivity contribution in [2.75, 3.05) is 5.33 Å². The number of hydrogen-bond donors (Lipinski definition) is 0. The summed E-state index contributed by atoms with van der Waals surface area (Å²) in [6, 6.07) is 8.01. The van der Waals surface area contributed by atoms with Crippen molar-refractivity contribution in [1.82, 2.24) is 0 Å². The lowest BCUT2D eigenvalue weighted by Crippen LogP contribution is -1.99. The van der Waals surface area contributed by atoms with E-state index < -0.39 is 0 Å². The van der Waals surface area contributed by atoms with Gasteiger partial charge in [-0.25, -0.2) is 0 Å².